The highest BCUT2D eigenvalue weighted by atomic mass is 16.3. The second-order valence-corrected chi connectivity index (χ2v) is 9.68. The zero-order chi connectivity index (χ0) is 25.9. The number of hydrogen-bond donors (Lipinski definition) is 5. The van der Waals surface area contributed by atoms with Gasteiger partial charge in [0.05, 0.1) is 5.56 Å². The lowest BCUT2D eigenvalue weighted by molar-refractivity contribution is -0.147. The number of carbonyl (C=O) groups is 3. The van der Waals surface area contributed by atoms with Gasteiger partial charge in [0.1, 0.15) is 22.8 Å². The Balaban J connectivity index is 1.62. The molecule has 1 amide bonds. The second-order valence-electron chi connectivity index (χ2n) is 9.68. The smallest absolute Gasteiger partial charge is 0.255 e. The number of hydrogen-bond acceptors (Lipinski definition) is 7. The first-order chi connectivity index (χ1) is 17.0. The molecule has 0 saturated heterocycles. The summed E-state index contributed by atoms with van der Waals surface area (Å²) >= 11 is 0. The third-order valence-electron chi connectivity index (χ3n) is 7.52. The molecule has 3 atom stereocenters. The van der Waals surface area contributed by atoms with Crippen LogP contribution in [0, 0.1) is 18.8 Å². The van der Waals surface area contributed by atoms with E-state index in [1.165, 1.54) is 6.07 Å². The van der Waals surface area contributed by atoms with Crippen molar-refractivity contribution in [2.45, 2.75) is 31.8 Å². The quantitative estimate of drug-likeness (QED) is 0.329. The van der Waals surface area contributed by atoms with Crippen molar-refractivity contribution in [1.29, 1.82) is 0 Å². The minimum absolute atomic E-state index is 0.0770. The highest BCUT2D eigenvalue weighted by molar-refractivity contribution is 6.22. The van der Waals surface area contributed by atoms with Crippen LogP contribution in [0.15, 0.2) is 53.3 Å². The molecule has 8 nitrogen and oxygen atoms in total. The van der Waals surface area contributed by atoms with E-state index in [4.69, 9.17) is 5.73 Å². The summed E-state index contributed by atoms with van der Waals surface area (Å²) in [5.41, 5.74) is 5.23. The number of primary amides is 1. The van der Waals surface area contributed by atoms with Gasteiger partial charge in [-0.15, -0.1) is 0 Å². The monoisotopic (exact) mass is 487 g/mol. The summed E-state index contributed by atoms with van der Waals surface area (Å²) < 4.78 is 0. The first-order valence-electron chi connectivity index (χ1n) is 11.6. The fourth-order valence-corrected chi connectivity index (χ4v) is 5.67. The molecule has 36 heavy (non-hydrogen) atoms. The van der Waals surface area contributed by atoms with Crippen molar-refractivity contribution >= 4 is 35.4 Å². The SMILES string of the molecule is Cc1ccc(/C=C/c2ccc(O)c3c2CC2CC4CC(=O)C(C(N)=O)=C(O)C4(O)C(=O)C2=C3O)cc1. The first kappa shape index (κ1) is 23.6. The zero-order valence-corrected chi connectivity index (χ0v) is 19.5. The third kappa shape index (κ3) is 3.37. The number of aromatic hydroxyl groups is 1. The highest BCUT2D eigenvalue weighted by Crippen LogP contribution is 2.52. The summed E-state index contributed by atoms with van der Waals surface area (Å²) in [6, 6.07) is 11.0. The largest absolute Gasteiger partial charge is 0.508 e. The fourth-order valence-electron chi connectivity index (χ4n) is 5.67. The zero-order valence-electron chi connectivity index (χ0n) is 19.5. The molecule has 2 aromatic carbocycles. The number of aliphatic hydroxyl groups excluding tert-OH is 2. The average Bonchev–Trinajstić information content (AvgIpc) is 2.81. The van der Waals surface area contributed by atoms with Crippen molar-refractivity contribution in [2.24, 2.45) is 17.6 Å². The second kappa shape index (κ2) is 8.20. The highest BCUT2D eigenvalue weighted by Gasteiger charge is 2.60. The number of benzene rings is 2. The van der Waals surface area contributed by atoms with Crippen molar-refractivity contribution in [3.05, 3.63) is 81.1 Å². The van der Waals surface area contributed by atoms with Crippen LogP contribution in [0.25, 0.3) is 17.9 Å². The molecule has 0 radical (unpaired) electrons. The minimum Gasteiger partial charge on any atom is -0.508 e. The van der Waals surface area contributed by atoms with Gasteiger partial charge in [0.25, 0.3) is 5.91 Å². The first-order valence-corrected chi connectivity index (χ1v) is 11.6. The summed E-state index contributed by atoms with van der Waals surface area (Å²) in [6.45, 7) is 1.99. The maximum atomic E-state index is 13.5. The van der Waals surface area contributed by atoms with E-state index in [9.17, 15) is 34.8 Å². The summed E-state index contributed by atoms with van der Waals surface area (Å²) in [6.07, 6.45) is 3.78. The molecule has 0 spiro atoms. The Morgan fingerprint density at radius 3 is 2.39 bits per heavy atom. The normalized spacial score (nSPS) is 25.6. The Labute approximate surface area is 206 Å². The van der Waals surface area contributed by atoms with E-state index in [1.54, 1.807) is 6.07 Å². The number of phenols is 1. The number of Topliss-reactive ketones (excluding diaryl/α,β-unsaturated/α-hetero) is 2. The number of ketones is 2. The maximum Gasteiger partial charge on any atom is 0.255 e. The van der Waals surface area contributed by atoms with Crippen LogP contribution in [0.4, 0.5) is 0 Å². The Kier molecular flexibility index (Phi) is 5.37. The number of aliphatic hydroxyl groups is 3. The van der Waals surface area contributed by atoms with Crippen LogP contribution >= 0.6 is 0 Å². The molecule has 3 aliphatic carbocycles. The van der Waals surface area contributed by atoms with Gasteiger partial charge in [-0.2, -0.15) is 0 Å². The van der Waals surface area contributed by atoms with Gasteiger partial charge in [0, 0.05) is 17.9 Å². The van der Waals surface area contributed by atoms with E-state index < -0.39 is 52.0 Å². The molecular weight excluding hydrogens is 462 g/mol. The fraction of sp³-hybridized carbons (Fsp3) is 0.250. The standard InChI is InChI=1S/C28H25NO7/c1-13-2-4-14(5-3-13)6-7-15-8-9-19(30)22-18(15)11-16-10-17-12-20(31)23(27(29)35)26(34)28(17,36)25(33)21(16)24(22)32/h2-9,16-17,30,32,34,36H,10-12H2,1H3,(H2,29,35)/b7-6+. The Hall–Kier alpha value is -4.17. The van der Waals surface area contributed by atoms with Gasteiger partial charge in [0.2, 0.25) is 5.78 Å². The van der Waals surface area contributed by atoms with Crippen LogP contribution in [0.1, 0.15) is 40.7 Å². The molecule has 1 saturated carbocycles. The van der Waals surface area contributed by atoms with Gasteiger partial charge < -0.3 is 26.2 Å². The molecule has 2 aromatic rings. The molecule has 0 aliphatic heterocycles. The van der Waals surface area contributed by atoms with Gasteiger partial charge in [0.15, 0.2) is 11.4 Å². The van der Waals surface area contributed by atoms with Crippen LogP contribution in [0.2, 0.25) is 0 Å². The number of fused-ring (bicyclic) bond motifs is 3. The molecule has 0 bridgehead atoms. The van der Waals surface area contributed by atoms with Crippen LogP contribution in [0.3, 0.4) is 0 Å². The van der Waals surface area contributed by atoms with Crippen LogP contribution in [-0.2, 0) is 20.8 Å². The van der Waals surface area contributed by atoms with E-state index in [0.717, 1.165) is 16.7 Å². The Bertz CT molecular complexity index is 1430. The Morgan fingerprint density at radius 1 is 1.03 bits per heavy atom. The van der Waals surface area contributed by atoms with Crippen molar-refractivity contribution < 1.29 is 34.8 Å². The van der Waals surface area contributed by atoms with Gasteiger partial charge in [-0.1, -0.05) is 48.0 Å². The molecule has 3 aliphatic rings. The van der Waals surface area contributed by atoms with Gasteiger partial charge in [-0.05, 0) is 48.4 Å². The third-order valence-corrected chi connectivity index (χ3v) is 7.52. The molecule has 0 aromatic heterocycles. The maximum absolute atomic E-state index is 13.5. The number of carbonyl (C=O) groups excluding carboxylic acids is 3. The molecule has 8 heteroatoms. The lowest BCUT2D eigenvalue weighted by atomic mass is 9.59. The van der Waals surface area contributed by atoms with E-state index >= 15 is 0 Å². The summed E-state index contributed by atoms with van der Waals surface area (Å²) in [7, 11) is 0. The molecule has 6 N–H and O–H groups in total. The summed E-state index contributed by atoms with van der Waals surface area (Å²) in [4.78, 5) is 37.7. The molecule has 5 rings (SSSR count). The molecular formula is C28H25NO7. The summed E-state index contributed by atoms with van der Waals surface area (Å²) in [5.74, 6) is -6.36. The summed E-state index contributed by atoms with van der Waals surface area (Å²) in [5, 5.41) is 43.7. The number of phenolic OH excluding ortho intramolecular Hbond substituents is 1. The average molecular weight is 488 g/mol. The predicted molar refractivity (Wildman–Crippen MR) is 131 cm³/mol. The number of amides is 1. The topological polar surface area (TPSA) is 158 Å². The van der Waals surface area contributed by atoms with Crippen molar-refractivity contribution in [3.8, 4) is 5.75 Å². The Morgan fingerprint density at radius 2 is 1.72 bits per heavy atom. The van der Waals surface area contributed by atoms with Crippen LogP contribution < -0.4 is 5.73 Å². The van der Waals surface area contributed by atoms with Crippen molar-refractivity contribution in [3.63, 3.8) is 0 Å². The number of aryl methyl sites for hydroxylation is 1. The molecule has 184 valence electrons. The van der Waals surface area contributed by atoms with Crippen LogP contribution in [0.5, 0.6) is 5.75 Å². The lowest BCUT2D eigenvalue weighted by Crippen LogP contribution is -2.58. The van der Waals surface area contributed by atoms with Gasteiger partial charge >= 0.3 is 0 Å². The van der Waals surface area contributed by atoms with E-state index in [1.807, 2.05) is 43.3 Å². The van der Waals surface area contributed by atoms with Crippen molar-refractivity contribution in [1.82, 2.24) is 0 Å². The van der Waals surface area contributed by atoms with E-state index in [0.29, 0.717) is 5.56 Å². The molecule has 0 heterocycles. The minimum atomic E-state index is -2.56. The molecule has 1 fully saturated rings. The van der Waals surface area contributed by atoms with E-state index in [-0.39, 0.29) is 36.1 Å². The molecule has 3 unspecified atom stereocenters. The number of rotatable bonds is 3. The predicted octanol–water partition coefficient (Wildman–Crippen LogP) is 2.90. The van der Waals surface area contributed by atoms with Gasteiger partial charge in [-0.25, -0.2) is 0 Å². The van der Waals surface area contributed by atoms with Crippen molar-refractivity contribution in [2.75, 3.05) is 0 Å². The van der Waals surface area contributed by atoms with Crippen LogP contribution in [-0.4, -0.2) is 43.5 Å². The number of nitrogens with two attached hydrogens (primary N) is 1. The van der Waals surface area contributed by atoms with E-state index in [2.05, 4.69) is 0 Å². The van der Waals surface area contributed by atoms with Gasteiger partial charge in [-0.3, -0.25) is 14.4 Å². The lowest BCUT2D eigenvalue weighted by Gasteiger charge is -2.46.